The molecule has 0 aromatic heterocycles. The Morgan fingerprint density at radius 1 is 0.792 bits per heavy atom. The van der Waals surface area contributed by atoms with Gasteiger partial charge in [0.25, 0.3) is 0 Å². The number of amidine groups is 1. The maximum atomic E-state index is 9.46. The van der Waals surface area contributed by atoms with Gasteiger partial charge in [-0.1, -0.05) is 48.5 Å². The van der Waals surface area contributed by atoms with E-state index in [0.29, 0.717) is 0 Å². The summed E-state index contributed by atoms with van der Waals surface area (Å²) >= 11 is 0. The van der Waals surface area contributed by atoms with E-state index < -0.39 is 0 Å². The highest BCUT2D eigenvalue weighted by molar-refractivity contribution is 6.09. The van der Waals surface area contributed by atoms with Crippen molar-refractivity contribution >= 4 is 17.2 Å². The second kappa shape index (κ2) is 7.01. The van der Waals surface area contributed by atoms with E-state index in [2.05, 4.69) is 31.3 Å². The van der Waals surface area contributed by atoms with E-state index >= 15 is 0 Å². The molecule has 0 atom stereocenters. The van der Waals surface area contributed by atoms with Gasteiger partial charge in [0, 0.05) is 11.3 Å². The zero-order valence-electron chi connectivity index (χ0n) is 13.8. The maximum absolute atomic E-state index is 9.46. The second-order valence-electron chi connectivity index (χ2n) is 5.74. The zero-order valence-corrected chi connectivity index (χ0v) is 13.8. The topological polar surface area (TPSA) is 44.6 Å². The molecular weight excluding hydrogens is 296 g/mol. The predicted octanol–water partition coefficient (Wildman–Crippen LogP) is 5.20. The molecule has 0 bridgehead atoms. The average Bonchev–Trinajstić information content (AvgIpc) is 2.60. The molecule has 0 unspecified atom stereocenters. The van der Waals surface area contributed by atoms with Crippen molar-refractivity contribution in [3.8, 4) is 5.75 Å². The number of phenols is 1. The standard InChI is InChI=1S/C21H20N2O/c1-15-7-6-8-16(2)20(15)23-21(17-9-4-3-5-10-17)22-18-11-13-19(24)14-12-18/h3-14,24H,1-2H3,(H,22,23). The van der Waals surface area contributed by atoms with E-state index in [1.165, 1.54) is 0 Å². The fourth-order valence-corrected chi connectivity index (χ4v) is 2.54. The monoisotopic (exact) mass is 316 g/mol. The van der Waals surface area contributed by atoms with E-state index in [9.17, 15) is 5.11 Å². The lowest BCUT2D eigenvalue weighted by Gasteiger charge is -2.13. The van der Waals surface area contributed by atoms with Crippen LogP contribution in [0.15, 0.2) is 77.8 Å². The lowest BCUT2D eigenvalue weighted by molar-refractivity contribution is 0.475. The minimum atomic E-state index is 0.244. The summed E-state index contributed by atoms with van der Waals surface area (Å²) in [5.41, 5.74) is 5.13. The molecule has 0 saturated heterocycles. The number of aromatic hydroxyl groups is 1. The summed E-state index contributed by atoms with van der Waals surface area (Å²) in [4.78, 5) is 4.89. The molecule has 0 saturated carbocycles. The van der Waals surface area contributed by atoms with Crippen LogP contribution in [0.4, 0.5) is 11.4 Å². The van der Waals surface area contributed by atoms with Crippen LogP contribution in [0.3, 0.4) is 0 Å². The van der Waals surface area contributed by atoms with Gasteiger partial charge in [-0.15, -0.1) is 0 Å². The Morgan fingerprint density at radius 3 is 2.04 bits per heavy atom. The third-order valence-electron chi connectivity index (χ3n) is 3.84. The van der Waals surface area contributed by atoms with Crippen LogP contribution in [0, 0.1) is 13.8 Å². The van der Waals surface area contributed by atoms with Crippen LogP contribution in [0.5, 0.6) is 5.75 Å². The number of para-hydroxylation sites is 1. The van der Waals surface area contributed by atoms with Crippen molar-refractivity contribution in [2.24, 2.45) is 4.99 Å². The molecule has 0 heterocycles. The van der Waals surface area contributed by atoms with Crippen LogP contribution >= 0.6 is 0 Å². The highest BCUT2D eigenvalue weighted by Crippen LogP contribution is 2.25. The van der Waals surface area contributed by atoms with Crippen molar-refractivity contribution in [3.63, 3.8) is 0 Å². The molecule has 3 nitrogen and oxygen atoms in total. The van der Waals surface area contributed by atoms with E-state index in [0.717, 1.165) is 33.9 Å². The third kappa shape index (κ3) is 3.63. The smallest absolute Gasteiger partial charge is 0.138 e. The van der Waals surface area contributed by atoms with Crippen LogP contribution in [-0.2, 0) is 0 Å². The summed E-state index contributed by atoms with van der Waals surface area (Å²) in [6.07, 6.45) is 0. The molecule has 2 N–H and O–H groups in total. The Balaban J connectivity index is 2.05. The van der Waals surface area contributed by atoms with Crippen LogP contribution in [0.25, 0.3) is 0 Å². The van der Waals surface area contributed by atoms with Gasteiger partial charge in [0.15, 0.2) is 0 Å². The molecule has 3 heteroatoms. The SMILES string of the molecule is Cc1cccc(C)c1N=C(Nc1ccc(O)cc1)c1ccccc1. The Bertz CT molecular complexity index is 833. The molecule has 3 aromatic carbocycles. The fraction of sp³-hybridized carbons (Fsp3) is 0.0952. The van der Waals surface area contributed by atoms with Crippen molar-refractivity contribution in [1.29, 1.82) is 0 Å². The van der Waals surface area contributed by atoms with Gasteiger partial charge in [0.05, 0.1) is 5.69 Å². The lowest BCUT2D eigenvalue weighted by Crippen LogP contribution is -2.13. The van der Waals surface area contributed by atoms with Crippen molar-refractivity contribution in [3.05, 3.63) is 89.5 Å². The molecule has 120 valence electrons. The highest BCUT2D eigenvalue weighted by atomic mass is 16.3. The minimum Gasteiger partial charge on any atom is -0.508 e. The van der Waals surface area contributed by atoms with Gasteiger partial charge < -0.3 is 10.4 Å². The molecular formula is C21H20N2O. The second-order valence-corrected chi connectivity index (χ2v) is 5.74. The van der Waals surface area contributed by atoms with Crippen molar-refractivity contribution in [1.82, 2.24) is 0 Å². The van der Waals surface area contributed by atoms with E-state index in [-0.39, 0.29) is 5.75 Å². The van der Waals surface area contributed by atoms with Crippen LogP contribution in [0.1, 0.15) is 16.7 Å². The van der Waals surface area contributed by atoms with Gasteiger partial charge in [-0.05, 0) is 49.2 Å². The van der Waals surface area contributed by atoms with Gasteiger partial charge in [0.1, 0.15) is 11.6 Å². The Hall–Kier alpha value is -3.07. The number of phenolic OH excluding ortho intramolecular Hbond substituents is 1. The van der Waals surface area contributed by atoms with E-state index in [1.54, 1.807) is 12.1 Å². The summed E-state index contributed by atoms with van der Waals surface area (Å²) in [5.74, 6) is 1.02. The molecule has 3 rings (SSSR count). The predicted molar refractivity (Wildman–Crippen MR) is 100 cm³/mol. The zero-order chi connectivity index (χ0) is 16.9. The summed E-state index contributed by atoms with van der Waals surface area (Å²) < 4.78 is 0. The molecule has 0 radical (unpaired) electrons. The lowest BCUT2D eigenvalue weighted by atomic mass is 10.1. The van der Waals surface area contributed by atoms with Gasteiger partial charge in [-0.2, -0.15) is 0 Å². The van der Waals surface area contributed by atoms with Gasteiger partial charge in [-0.25, -0.2) is 4.99 Å². The summed E-state index contributed by atoms with van der Waals surface area (Å²) in [6.45, 7) is 4.13. The summed E-state index contributed by atoms with van der Waals surface area (Å²) in [5, 5.41) is 12.8. The molecule has 0 aliphatic rings. The van der Waals surface area contributed by atoms with Crippen LogP contribution < -0.4 is 5.32 Å². The molecule has 24 heavy (non-hydrogen) atoms. The minimum absolute atomic E-state index is 0.244. The van der Waals surface area contributed by atoms with E-state index in [1.807, 2.05) is 48.5 Å². The number of nitrogens with one attached hydrogen (secondary N) is 1. The number of aliphatic imine (C=N–C) groups is 1. The first-order chi connectivity index (χ1) is 11.6. The van der Waals surface area contributed by atoms with Gasteiger partial charge in [-0.3, -0.25) is 0 Å². The van der Waals surface area contributed by atoms with Crippen LogP contribution in [-0.4, -0.2) is 10.9 Å². The Kier molecular flexibility index (Phi) is 4.62. The number of hydrogen-bond acceptors (Lipinski definition) is 2. The van der Waals surface area contributed by atoms with Crippen molar-refractivity contribution in [2.75, 3.05) is 5.32 Å². The molecule has 0 aliphatic carbocycles. The number of benzene rings is 3. The summed E-state index contributed by atoms with van der Waals surface area (Å²) in [6, 6.07) is 23.2. The largest absolute Gasteiger partial charge is 0.508 e. The van der Waals surface area contributed by atoms with Crippen molar-refractivity contribution in [2.45, 2.75) is 13.8 Å². The maximum Gasteiger partial charge on any atom is 0.138 e. The average molecular weight is 316 g/mol. The number of hydrogen-bond donors (Lipinski definition) is 2. The molecule has 0 spiro atoms. The first-order valence-corrected chi connectivity index (χ1v) is 7.90. The van der Waals surface area contributed by atoms with Crippen molar-refractivity contribution < 1.29 is 5.11 Å². The molecule has 0 aliphatic heterocycles. The van der Waals surface area contributed by atoms with Gasteiger partial charge >= 0.3 is 0 Å². The molecule has 0 amide bonds. The molecule has 3 aromatic rings. The number of anilines is 1. The Morgan fingerprint density at radius 2 is 1.42 bits per heavy atom. The number of nitrogens with zero attached hydrogens (tertiary/aromatic N) is 1. The van der Waals surface area contributed by atoms with E-state index in [4.69, 9.17) is 4.99 Å². The van der Waals surface area contributed by atoms with Gasteiger partial charge in [0.2, 0.25) is 0 Å². The highest BCUT2D eigenvalue weighted by Gasteiger charge is 2.07. The first-order valence-electron chi connectivity index (χ1n) is 7.90. The summed E-state index contributed by atoms with van der Waals surface area (Å²) in [7, 11) is 0. The third-order valence-corrected chi connectivity index (χ3v) is 3.84. The molecule has 0 fully saturated rings. The first kappa shape index (κ1) is 15.8. The fourth-order valence-electron chi connectivity index (χ4n) is 2.54. The Labute approximate surface area is 142 Å². The number of aryl methyl sites for hydroxylation is 2. The number of rotatable bonds is 3. The normalized spacial score (nSPS) is 11.3. The van der Waals surface area contributed by atoms with Crippen LogP contribution in [0.2, 0.25) is 0 Å². The quantitative estimate of drug-likeness (QED) is 0.396.